The first-order chi connectivity index (χ1) is 12.3. The molecule has 4 rings (SSSR count). The van der Waals surface area contributed by atoms with Crippen LogP contribution in [0.1, 0.15) is 38.3 Å². The van der Waals surface area contributed by atoms with Gasteiger partial charge in [-0.25, -0.2) is 4.39 Å². The maximum absolute atomic E-state index is 14.7. The average Bonchev–Trinajstić information content (AvgIpc) is 2.72. The van der Waals surface area contributed by atoms with Crippen LogP contribution in [0.2, 0.25) is 0 Å². The molecule has 2 N–H and O–H groups in total. The van der Waals surface area contributed by atoms with E-state index in [2.05, 4.69) is 40.4 Å². The number of allylic oxidation sites excluding steroid dienone is 1. The molecular formula is C21H20BrFN2O. The second kappa shape index (κ2) is 6.23. The molecule has 0 aromatic heterocycles. The molecule has 1 aliphatic heterocycles. The first kappa shape index (κ1) is 17.3. The van der Waals surface area contributed by atoms with Gasteiger partial charge in [0.05, 0.1) is 17.4 Å². The van der Waals surface area contributed by atoms with Crippen LogP contribution in [0.4, 0.5) is 15.8 Å². The molecule has 0 spiro atoms. The molecule has 0 fully saturated rings. The summed E-state index contributed by atoms with van der Waals surface area (Å²) in [7, 11) is 0. The maximum atomic E-state index is 14.7. The highest BCUT2D eigenvalue weighted by molar-refractivity contribution is 9.10. The molecule has 5 heteroatoms. The van der Waals surface area contributed by atoms with E-state index in [9.17, 15) is 9.18 Å². The Hall–Kier alpha value is -2.14. The van der Waals surface area contributed by atoms with Gasteiger partial charge in [-0.05, 0) is 42.2 Å². The molecule has 3 nitrogen and oxygen atoms in total. The smallest absolute Gasteiger partial charge is 0.163 e. The van der Waals surface area contributed by atoms with Crippen LogP contribution < -0.4 is 10.6 Å². The van der Waals surface area contributed by atoms with Crippen LogP contribution in [-0.4, -0.2) is 5.78 Å². The summed E-state index contributed by atoms with van der Waals surface area (Å²) in [6.07, 6.45) is 1.20. The molecule has 0 radical (unpaired) electrons. The molecule has 26 heavy (non-hydrogen) atoms. The van der Waals surface area contributed by atoms with Crippen LogP contribution in [-0.2, 0) is 4.79 Å². The topological polar surface area (TPSA) is 41.1 Å². The predicted molar refractivity (Wildman–Crippen MR) is 106 cm³/mol. The summed E-state index contributed by atoms with van der Waals surface area (Å²) in [5, 5.41) is 6.84. The molecule has 2 aromatic rings. The minimum Gasteiger partial charge on any atom is -0.372 e. The minimum absolute atomic E-state index is 0.0634. The molecule has 1 unspecified atom stereocenters. The van der Waals surface area contributed by atoms with Crippen molar-refractivity contribution in [2.45, 2.75) is 32.7 Å². The van der Waals surface area contributed by atoms with Crippen LogP contribution in [0.3, 0.4) is 0 Å². The van der Waals surface area contributed by atoms with Gasteiger partial charge < -0.3 is 10.6 Å². The molecule has 0 amide bonds. The molecule has 0 bridgehead atoms. The van der Waals surface area contributed by atoms with Gasteiger partial charge in [0.2, 0.25) is 0 Å². The quantitative estimate of drug-likeness (QED) is 0.618. The van der Waals surface area contributed by atoms with Gasteiger partial charge in [-0.3, -0.25) is 4.79 Å². The van der Waals surface area contributed by atoms with E-state index in [0.717, 1.165) is 28.0 Å². The first-order valence-electron chi connectivity index (χ1n) is 8.68. The molecule has 134 valence electrons. The van der Waals surface area contributed by atoms with Crippen LogP contribution in [0, 0.1) is 11.2 Å². The lowest BCUT2D eigenvalue weighted by molar-refractivity contribution is -0.118. The van der Waals surface area contributed by atoms with Gasteiger partial charge in [-0.2, -0.15) is 0 Å². The van der Waals surface area contributed by atoms with Gasteiger partial charge in [0.15, 0.2) is 5.78 Å². The summed E-state index contributed by atoms with van der Waals surface area (Å²) in [4.78, 5) is 13.1. The standard InChI is InChI=1S/C21H20BrFN2O/c1-21(2)10-17-19(18(26)11-21)20(13-9-12(22)7-8-14(13)23)25-16-6-4-3-5-15(16)24-17/h3-9,20,24-25H,10-11H2,1-2H3. The number of hydrogen-bond acceptors (Lipinski definition) is 3. The van der Waals surface area contributed by atoms with E-state index in [0.29, 0.717) is 17.6 Å². The Morgan fingerprint density at radius 2 is 1.85 bits per heavy atom. The van der Waals surface area contributed by atoms with Crippen molar-refractivity contribution in [1.29, 1.82) is 0 Å². The number of Topliss-reactive ketones (excluding diaryl/α,β-unsaturated/α-hetero) is 1. The molecule has 1 atom stereocenters. The summed E-state index contributed by atoms with van der Waals surface area (Å²) in [6, 6.07) is 12.1. The van der Waals surface area contributed by atoms with Crippen molar-refractivity contribution in [3.05, 3.63) is 69.6 Å². The summed E-state index contributed by atoms with van der Waals surface area (Å²) < 4.78 is 15.5. The number of carbonyl (C=O) groups is 1. The van der Waals surface area contributed by atoms with Crippen molar-refractivity contribution in [2.75, 3.05) is 10.6 Å². The minimum atomic E-state index is -0.526. The zero-order valence-corrected chi connectivity index (χ0v) is 16.3. The molecular weight excluding hydrogens is 395 g/mol. The lowest BCUT2D eigenvalue weighted by Gasteiger charge is -2.34. The SMILES string of the molecule is CC1(C)CC(=O)C2=C(C1)Nc1ccccc1NC2c1cc(Br)ccc1F. The van der Waals surface area contributed by atoms with E-state index < -0.39 is 6.04 Å². The highest BCUT2D eigenvalue weighted by Gasteiger charge is 2.39. The van der Waals surface area contributed by atoms with Gasteiger partial charge in [-0.15, -0.1) is 0 Å². The first-order valence-corrected chi connectivity index (χ1v) is 9.47. The Bertz CT molecular complexity index is 935. The number of benzene rings is 2. The number of fused-ring (bicyclic) bond motifs is 1. The van der Waals surface area contributed by atoms with Crippen molar-refractivity contribution in [3.8, 4) is 0 Å². The Labute approximate surface area is 160 Å². The van der Waals surface area contributed by atoms with E-state index in [1.54, 1.807) is 12.1 Å². The predicted octanol–water partition coefficient (Wildman–Crippen LogP) is 5.81. The van der Waals surface area contributed by atoms with Gasteiger partial charge >= 0.3 is 0 Å². The molecule has 0 saturated heterocycles. The number of carbonyl (C=O) groups excluding carboxylic acids is 1. The lowest BCUT2D eigenvalue weighted by Crippen LogP contribution is -2.31. The Morgan fingerprint density at radius 1 is 1.12 bits per heavy atom. The molecule has 0 saturated carbocycles. The largest absolute Gasteiger partial charge is 0.372 e. The third-order valence-corrected chi connectivity index (χ3v) is 5.48. The van der Waals surface area contributed by atoms with E-state index in [-0.39, 0.29) is 17.0 Å². The maximum Gasteiger partial charge on any atom is 0.163 e. The van der Waals surface area contributed by atoms with Crippen LogP contribution >= 0.6 is 15.9 Å². The van der Waals surface area contributed by atoms with Crippen LogP contribution in [0.15, 0.2) is 58.2 Å². The number of hydrogen-bond donors (Lipinski definition) is 2. The summed E-state index contributed by atoms with van der Waals surface area (Å²) >= 11 is 3.42. The average molecular weight is 415 g/mol. The van der Waals surface area contributed by atoms with Crippen LogP contribution in [0.25, 0.3) is 0 Å². The summed E-state index contributed by atoms with van der Waals surface area (Å²) in [6.45, 7) is 4.19. The fourth-order valence-electron chi connectivity index (χ4n) is 3.86. The van der Waals surface area contributed by atoms with Gasteiger partial charge in [0.25, 0.3) is 0 Å². The van der Waals surface area contributed by atoms with E-state index in [4.69, 9.17) is 0 Å². The Balaban J connectivity index is 1.93. The molecule has 2 aliphatic rings. The van der Waals surface area contributed by atoms with Crippen molar-refractivity contribution in [1.82, 2.24) is 0 Å². The van der Waals surface area contributed by atoms with Crippen molar-refractivity contribution < 1.29 is 9.18 Å². The number of para-hydroxylation sites is 2. The number of halogens is 2. The monoisotopic (exact) mass is 414 g/mol. The van der Waals surface area contributed by atoms with Gasteiger partial charge in [-0.1, -0.05) is 41.9 Å². The number of rotatable bonds is 1. The zero-order chi connectivity index (χ0) is 18.5. The lowest BCUT2D eigenvalue weighted by atomic mass is 9.73. The molecule has 1 heterocycles. The van der Waals surface area contributed by atoms with Gasteiger partial charge in [0, 0.05) is 27.7 Å². The van der Waals surface area contributed by atoms with E-state index in [1.165, 1.54) is 6.07 Å². The summed E-state index contributed by atoms with van der Waals surface area (Å²) in [5.41, 5.74) is 3.63. The highest BCUT2D eigenvalue weighted by atomic mass is 79.9. The second-order valence-electron chi connectivity index (χ2n) is 7.75. The normalized spacial score (nSPS) is 21.2. The molecule has 2 aromatic carbocycles. The van der Waals surface area contributed by atoms with E-state index >= 15 is 0 Å². The van der Waals surface area contributed by atoms with E-state index in [1.807, 2.05) is 24.3 Å². The fraction of sp³-hybridized carbons (Fsp3) is 0.286. The van der Waals surface area contributed by atoms with Crippen molar-refractivity contribution >= 4 is 33.1 Å². The third kappa shape index (κ3) is 3.05. The Morgan fingerprint density at radius 3 is 2.62 bits per heavy atom. The van der Waals surface area contributed by atoms with Crippen LogP contribution in [0.5, 0.6) is 0 Å². The second-order valence-corrected chi connectivity index (χ2v) is 8.66. The van der Waals surface area contributed by atoms with Crippen molar-refractivity contribution in [3.63, 3.8) is 0 Å². The van der Waals surface area contributed by atoms with Crippen molar-refractivity contribution in [2.24, 2.45) is 5.41 Å². The summed E-state index contributed by atoms with van der Waals surface area (Å²) in [5.74, 6) is -0.261. The molecule has 1 aliphatic carbocycles. The fourth-order valence-corrected chi connectivity index (χ4v) is 4.24. The zero-order valence-electron chi connectivity index (χ0n) is 14.7. The van der Waals surface area contributed by atoms with Gasteiger partial charge in [0.1, 0.15) is 5.82 Å². The number of ketones is 1. The number of anilines is 2. The highest BCUT2D eigenvalue weighted by Crippen LogP contribution is 2.45. The Kier molecular flexibility index (Phi) is 4.14. The number of nitrogens with one attached hydrogen (secondary N) is 2. The third-order valence-electron chi connectivity index (χ3n) is 4.99.